The molecule has 0 bridgehead atoms. The largest absolute Gasteiger partial charge is 0.475 e. The number of carbonyl (C=O) groups is 2. The molecule has 1 aliphatic rings. The average molecular weight is 265 g/mol. The van der Waals surface area contributed by atoms with Crippen LogP contribution in [0.15, 0.2) is 16.5 Å². The molecule has 1 amide bonds. The molecule has 0 radical (unpaired) electrons. The minimum atomic E-state index is -1.16. The first kappa shape index (κ1) is 13.6. The van der Waals surface area contributed by atoms with Gasteiger partial charge in [-0.15, -0.1) is 0 Å². The zero-order valence-electron chi connectivity index (χ0n) is 11.0. The number of furan rings is 1. The van der Waals surface area contributed by atoms with E-state index in [0.717, 1.165) is 25.7 Å². The van der Waals surface area contributed by atoms with Crippen LogP contribution in [0.4, 0.5) is 0 Å². The van der Waals surface area contributed by atoms with E-state index in [2.05, 4.69) is 12.2 Å². The Labute approximate surface area is 112 Å². The molecule has 19 heavy (non-hydrogen) atoms. The zero-order valence-corrected chi connectivity index (χ0v) is 11.0. The third kappa shape index (κ3) is 3.36. The Morgan fingerprint density at radius 1 is 1.37 bits per heavy atom. The summed E-state index contributed by atoms with van der Waals surface area (Å²) in [4.78, 5) is 22.6. The van der Waals surface area contributed by atoms with Gasteiger partial charge >= 0.3 is 5.97 Å². The second-order valence-electron chi connectivity index (χ2n) is 5.08. The molecule has 1 aliphatic carbocycles. The van der Waals surface area contributed by atoms with Gasteiger partial charge in [-0.1, -0.05) is 26.2 Å². The van der Waals surface area contributed by atoms with Crippen LogP contribution in [0.3, 0.4) is 0 Å². The minimum Gasteiger partial charge on any atom is -0.475 e. The number of hydrogen-bond acceptors (Lipinski definition) is 3. The van der Waals surface area contributed by atoms with Crippen LogP contribution in [-0.4, -0.2) is 23.0 Å². The van der Waals surface area contributed by atoms with Crippen molar-refractivity contribution >= 4 is 11.9 Å². The minimum absolute atomic E-state index is 0.0658. The fourth-order valence-electron chi connectivity index (χ4n) is 2.62. The first-order chi connectivity index (χ1) is 9.10. The molecule has 2 atom stereocenters. The van der Waals surface area contributed by atoms with Gasteiger partial charge in [0.25, 0.3) is 5.91 Å². The van der Waals surface area contributed by atoms with Crippen molar-refractivity contribution in [2.24, 2.45) is 5.92 Å². The Morgan fingerprint density at radius 3 is 2.74 bits per heavy atom. The highest BCUT2D eigenvalue weighted by Crippen LogP contribution is 2.26. The van der Waals surface area contributed by atoms with Crippen LogP contribution < -0.4 is 5.32 Å². The number of amides is 1. The molecule has 0 spiro atoms. The maximum Gasteiger partial charge on any atom is 0.371 e. The molecule has 0 aliphatic heterocycles. The molecule has 2 rings (SSSR count). The Balaban J connectivity index is 1.94. The van der Waals surface area contributed by atoms with Gasteiger partial charge in [0.05, 0.1) is 0 Å². The third-order valence-electron chi connectivity index (χ3n) is 3.74. The van der Waals surface area contributed by atoms with Crippen molar-refractivity contribution in [3.8, 4) is 0 Å². The van der Waals surface area contributed by atoms with E-state index >= 15 is 0 Å². The van der Waals surface area contributed by atoms with Crippen molar-refractivity contribution in [2.45, 2.75) is 45.1 Å². The summed E-state index contributed by atoms with van der Waals surface area (Å²) in [5.41, 5.74) is 0. The van der Waals surface area contributed by atoms with E-state index in [4.69, 9.17) is 9.52 Å². The lowest BCUT2D eigenvalue weighted by molar-refractivity contribution is 0.0659. The van der Waals surface area contributed by atoms with Crippen molar-refractivity contribution < 1.29 is 19.1 Å². The Bertz CT molecular complexity index is 466. The number of rotatable bonds is 4. The van der Waals surface area contributed by atoms with E-state index in [9.17, 15) is 9.59 Å². The molecule has 1 saturated carbocycles. The lowest BCUT2D eigenvalue weighted by Gasteiger charge is -2.28. The van der Waals surface area contributed by atoms with E-state index in [0.29, 0.717) is 5.92 Å². The van der Waals surface area contributed by atoms with E-state index in [1.54, 1.807) is 0 Å². The van der Waals surface area contributed by atoms with Crippen molar-refractivity contribution in [3.05, 3.63) is 23.7 Å². The molecule has 0 aromatic carbocycles. The molecule has 2 N–H and O–H groups in total. The van der Waals surface area contributed by atoms with Crippen molar-refractivity contribution in [1.82, 2.24) is 5.32 Å². The molecular weight excluding hydrogens is 246 g/mol. The number of carbonyl (C=O) groups excluding carboxylic acids is 1. The highest BCUT2D eigenvalue weighted by atomic mass is 16.4. The number of aromatic carboxylic acids is 1. The summed E-state index contributed by atoms with van der Waals surface area (Å²) < 4.78 is 4.99. The normalized spacial score (nSPS) is 23.0. The predicted molar refractivity (Wildman–Crippen MR) is 69.2 cm³/mol. The smallest absolute Gasteiger partial charge is 0.371 e. The first-order valence-electron chi connectivity index (χ1n) is 6.74. The summed E-state index contributed by atoms with van der Waals surface area (Å²) >= 11 is 0. The van der Waals surface area contributed by atoms with Gasteiger partial charge in [-0.3, -0.25) is 4.79 Å². The summed E-state index contributed by atoms with van der Waals surface area (Å²) in [6.07, 6.45) is 5.47. The maximum atomic E-state index is 11.9. The van der Waals surface area contributed by atoms with Gasteiger partial charge in [0.2, 0.25) is 5.76 Å². The number of carboxylic acid groups (broad SMARTS) is 1. The maximum absolute atomic E-state index is 11.9. The van der Waals surface area contributed by atoms with Crippen LogP contribution in [0.25, 0.3) is 0 Å². The van der Waals surface area contributed by atoms with Gasteiger partial charge in [-0.05, 0) is 30.9 Å². The SMILES string of the molecule is CCC1CCCC(NC(=O)c2ccc(C(=O)O)o2)C1. The topological polar surface area (TPSA) is 79.5 Å². The second-order valence-corrected chi connectivity index (χ2v) is 5.08. The number of nitrogens with one attached hydrogen (secondary N) is 1. The lowest BCUT2D eigenvalue weighted by atomic mass is 9.84. The third-order valence-corrected chi connectivity index (χ3v) is 3.74. The fraction of sp³-hybridized carbons (Fsp3) is 0.571. The fourth-order valence-corrected chi connectivity index (χ4v) is 2.62. The summed E-state index contributed by atoms with van der Waals surface area (Å²) in [5, 5.41) is 11.7. The molecule has 0 saturated heterocycles. The molecule has 1 aromatic heterocycles. The van der Waals surface area contributed by atoms with Gasteiger partial charge in [-0.2, -0.15) is 0 Å². The Morgan fingerprint density at radius 2 is 2.11 bits per heavy atom. The van der Waals surface area contributed by atoms with E-state index in [1.807, 2.05) is 0 Å². The molecule has 2 unspecified atom stereocenters. The molecular formula is C14H19NO4. The van der Waals surface area contributed by atoms with Crippen LogP contribution >= 0.6 is 0 Å². The van der Waals surface area contributed by atoms with Crippen molar-refractivity contribution in [2.75, 3.05) is 0 Å². The van der Waals surface area contributed by atoms with E-state index in [1.165, 1.54) is 18.6 Å². The van der Waals surface area contributed by atoms with Gasteiger partial charge in [0, 0.05) is 6.04 Å². The molecule has 5 heteroatoms. The van der Waals surface area contributed by atoms with Crippen LogP contribution in [0.1, 0.15) is 60.1 Å². The monoisotopic (exact) mass is 265 g/mol. The summed E-state index contributed by atoms with van der Waals surface area (Å²) in [5.74, 6) is -0.960. The number of carboxylic acids is 1. The van der Waals surface area contributed by atoms with Gasteiger partial charge in [0.15, 0.2) is 5.76 Å². The van der Waals surface area contributed by atoms with Crippen LogP contribution in [0, 0.1) is 5.92 Å². The molecule has 1 aromatic rings. The van der Waals surface area contributed by atoms with Gasteiger partial charge in [0.1, 0.15) is 0 Å². The summed E-state index contributed by atoms with van der Waals surface area (Å²) in [6.45, 7) is 2.17. The molecule has 1 heterocycles. The first-order valence-corrected chi connectivity index (χ1v) is 6.74. The Hall–Kier alpha value is -1.78. The van der Waals surface area contributed by atoms with Gasteiger partial charge in [-0.25, -0.2) is 4.79 Å². The van der Waals surface area contributed by atoms with Crippen molar-refractivity contribution in [1.29, 1.82) is 0 Å². The van der Waals surface area contributed by atoms with Crippen LogP contribution in [0.5, 0.6) is 0 Å². The number of hydrogen-bond donors (Lipinski definition) is 2. The predicted octanol–water partition coefficient (Wildman–Crippen LogP) is 2.68. The lowest BCUT2D eigenvalue weighted by Crippen LogP contribution is -2.38. The average Bonchev–Trinajstić information content (AvgIpc) is 2.89. The molecule has 5 nitrogen and oxygen atoms in total. The van der Waals surface area contributed by atoms with Crippen molar-refractivity contribution in [3.63, 3.8) is 0 Å². The second kappa shape index (κ2) is 5.91. The van der Waals surface area contributed by atoms with Gasteiger partial charge < -0.3 is 14.8 Å². The zero-order chi connectivity index (χ0) is 13.8. The highest BCUT2D eigenvalue weighted by molar-refractivity contribution is 5.93. The summed E-state index contributed by atoms with van der Waals surface area (Å²) in [7, 11) is 0. The molecule has 104 valence electrons. The quantitative estimate of drug-likeness (QED) is 0.877. The standard InChI is InChI=1S/C14H19NO4/c1-2-9-4-3-5-10(8-9)15-13(16)11-6-7-12(19-11)14(17)18/h6-7,9-10H,2-5,8H2,1H3,(H,15,16)(H,17,18). The summed E-state index contributed by atoms with van der Waals surface area (Å²) in [6, 6.07) is 2.87. The van der Waals surface area contributed by atoms with Crippen LogP contribution in [-0.2, 0) is 0 Å². The Kier molecular flexibility index (Phi) is 4.24. The molecule has 1 fully saturated rings. The van der Waals surface area contributed by atoms with Crippen LogP contribution in [0.2, 0.25) is 0 Å². The highest BCUT2D eigenvalue weighted by Gasteiger charge is 2.24. The van der Waals surface area contributed by atoms with E-state index in [-0.39, 0.29) is 23.5 Å². The van der Waals surface area contributed by atoms with E-state index < -0.39 is 5.97 Å².